The Balaban J connectivity index is 1.52. The molecule has 6 atom stereocenters. The Bertz CT molecular complexity index is 342. The molecule has 0 bridgehead atoms. The molecule has 0 spiro atoms. The van der Waals surface area contributed by atoms with Crippen molar-refractivity contribution in [2.45, 2.75) is 78.8 Å². The number of hydrogen-bond acceptors (Lipinski definition) is 2. The van der Waals surface area contributed by atoms with Crippen molar-refractivity contribution in [2.75, 3.05) is 0 Å². The first-order chi connectivity index (χ1) is 8.19. The van der Waals surface area contributed by atoms with Crippen molar-refractivity contribution in [1.29, 1.82) is 0 Å². The molecule has 0 aromatic rings. The van der Waals surface area contributed by atoms with Gasteiger partial charge in [0.1, 0.15) is 0 Å². The van der Waals surface area contributed by atoms with Crippen molar-refractivity contribution in [3.8, 4) is 0 Å². The van der Waals surface area contributed by atoms with Crippen LogP contribution < -0.4 is 0 Å². The van der Waals surface area contributed by atoms with Crippen LogP contribution in [0.5, 0.6) is 0 Å². The van der Waals surface area contributed by atoms with Crippen LogP contribution in [-0.2, 0) is 0 Å². The van der Waals surface area contributed by atoms with Gasteiger partial charge in [-0.25, -0.2) is 0 Å². The van der Waals surface area contributed by atoms with Gasteiger partial charge in [0.15, 0.2) is 0 Å². The zero-order valence-corrected chi connectivity index (χ0v) is 12.7. The predicted molar refractivity (Wildman–Crippen MR) is 78.9 cm³/mol. The molecule has 2 saturated carbocycles. The van der Waals surface area contributed by atoms with Crippen molar-refractivity contribution in [2.24, 2.45) is 11.8 Å². The van der Waals surface area contributed by atoms with E-state index < -0.39 is 0 Å². The second-order valence-electron chi connectivity index (χ2n) is 6.92. The minimum Gasteiger partial charge on any atom is -0.149 e. The van der Waals surface area contributed by atoms with Gasteiger partial charge in [0.2, 0.25) is 0 Å². The molecule has 0 N–H and O–H groups in total. The Hall–Kier alpha value is 0.700. The normalized spacial score (nSPS) is 60.4. The zero-order chi connectivity index (χ0) is 11.7. The molecule has 2 heterocycles. The van der Waals surface area contributed by atoms with E-state index in [-0.39, 0.29) is 0 Å². The van der Waals surface area contributed by atoms with Crippen LogP contribution in [-0.4, -0.2) is 20.0 Å². The Morgan fingerprint density at radius 2 is 1.71 bits per heavy atom. The van der Waals surface area contributed by atoms with Crippen LogP contribution in [0.25, 0.3) is 0 Å². The number of fused-ring (bicyclic) bond motifs is 2. The van der Waals surface area contributed by atoms with Crippen molar-refractivity contribution in [1.82, 2.24) is 0 Å². The molecular weight excluding hydrogens is 244 g/mol. The third-order valence-corrected chi connectivity index (χ3v) is 9.92. The molecule has 0 radical (unpaired) electrons. The Morgan fingerprint density at radius 1 is 1.00 bits per heavy atom. The summed E-state index contributed by atoms with van der Waals surface area (Å²) in [4.78, 5) is 0. The van der Waals surface area contributed by atoms with Gasteiger partial charge in [-0.2, -0.15) is 0 Å². The minimum absolute atomic E-state index is 0.717. The third kappa shape index (κ3) is 1.59. The first-order valence-electron chi connectivity index (χ1n) is 7.54. The van der Waals surface area contributed by atoms with Gasteiger partial charge in [0.05, 0.1) is 0 Å². The average molecular weight is 268 g/mol. The topological polar surface area (TPSA) is 0 Å². The highest BCUT2D eigenvalue weighted by Gasteiger charge is 2.65. The molecule has 2 aliphatic carbocycles. The fourth-order valence-electron chi connectivity index (χ4n) is 4.86. The summed E-state index contributed by atoms with van der Waals surface area (Å²) >= 11 is 4.68. The second kappa shape index (κ2) is 3.62. The fourth-order valence-corrected chi connectivity index (χ4v) is 8.28. The van der Waals surface area contributed by atoms with Gasteiger partial charge in [0, 0.05) is 20.0 Å². The second-order valence-corrected chi connectivity index (χ2v) is 10.2. The minimum atomic E-state index is 0.717. The quantitative estimate of drug-likeness (QED) is 0.664. The maximum Gasteiger partial charge on any atom is 0.0282 e. The lowest BCUT2D eigenvalue weighted by molar-refractivity contribution is 0.207. The van der Waals surface area contributed by atoms with Gasteiger partial charge in [-0.05, 0) is 50.9 Å². The molecule has 4 fully saturated rings. The van der Waals surface area contributed by atoms with Gasteiger partial charge in [-0.15, -0.1) is 23.5 Å². The Kier molecular flexibility index (Phi) is 2.46. The fraction of sp³-hybridized carbons (Fsp3) is 1.00. The lowest BCUT2D eigenvalue weighted by atomic mass is 9.68. The van der Waals surface area contributed by atoms with E-state index in [2.05, 4.69) is 37.4 Å². The molecule has 17 heavy (non-hydrogen) atoms. The van der Waals surface area contributed by atoms with E-state index >= 15 is 0 Å². The van der Waals surface area contributed by atoms with Gasteiger partial charge < -0.3 is 0 Å². The van der Waals surface area contributed by atoms with Crippen LogP contribution in [0.3, 0.4) is 0 Å². The van der Waals surface area contributed by atoms with E-state index in [4.69, 9.17) is 0 Å². The van der Waals surface area contributed by atoms with Gasteiger partial charge >= 0.3 is 0 Å². The maximum atomic E-state index is 2.53. The summed E-state index contributed by atoms with van der Waals surface area (Å²) < 4.78 is 1.48. The van der Waals surface area contributed by atoms with Gasteiger partial charge in [-0.3, -0.25) is 0 Å². The maximum absolute atomic E-state index is 2.53. The summed E-state index contributed by atoms with van der Waals surface area (Å²) in [6.45, 7) is 4.96. The van der Waals surface area contributed by atoms with E-state index in [1.807, 2.05) is 0 Å². The van der Waals surface area contributed by atoms with Gasteiger partial charge in [0.25, 0.3) is 0 Å². The molecule has 4 rings (SSSR count). The highest BCUT2D eigenvalue weighted by atomic mass is 32.2. The summed E-state index contributed by atoms with van der Waals surface area (Å²) in [6.07, 6.45) is 10.6. The summed E-state index contributed by atoms with van der Waals surface area (Å²) in [6, 6.07) is 0. The van der Waals surface area contributed by atoms with Crippen molar-refractivity contribution in [3.05, 3.63) is 0 Å². The van der Waals surface area contributed by atoms with Crippen LogP contribution in [0.15, 0.2) is 0 Å². The van der Waals surface area contributed by atoms with Crippen molar-refractivity contribution in [3.63, 3.8) is 0 Å². The zero-order valence-electron chi connectivity index (χ0n) is 11.1. The molecule has 2 heteroatoms. The lowest BCUT2D eigenvalue weighted by Crippen LogP contribution is -2.36. The summed E-state index contributed by atoms with van der Waals surface area (Å²) in [5.41, 5.74) is 0. The average Bonchev–Trinajstić information content (AvgIpc) is 3.19. The molecule has 2 aliphatic heterocycles. The molecule has 6 unspecified atom stereocenters. The van der Waals surface area contributed by atoms with Gasteiger partial charge in [-0.1, -0.05) is 19.8 Å². The van der Waals surface area contributed by atoms with E-state index in [9.17, 15) is 0 Å². The smallest absolute Gasteiger partial charge is 0.0282 e. The number of rotatable bonds is 2. The van der Waals surface area contributed by atoms with E-state index in [0.717, 1.165) is 31.8 Å². The van der Waals surface area contributed by atoms with Crippen LogP contribution in [0.1, 0.15) is 58.8 Å². The molecule has 0 aromatic carbocycles. The standard InChI is InChI=1S/C15H24S2/c1-3-15-9-5-7-11(13(15)17-15)10-6-4-8-14(2)12(10)16-14/h10-13H,3-9H2,1-2H3. The number of thioether (sulfide) groups is 2. The van der Waals surface area contributed by atoms with E-state index in [0.29, 0.717) is 0 Å². The molecule has 0 amide bonds. The summed E-state index contributed by atoms with van der Waals surface area (Å²) in [5.74, 6) is 2.18. The largest absolute Gasteiger partial charge is 0.149 e. The first-order valence-corrected chi connectivity index (χ1v) is 9.30. The molecular formula is C15H24S2. The monoisotopic (exact) mass is 268 g/mol. The molecule has 2 saturated heterocycles. The molecule has 4 aliphatic rings. The van der Waals surface area contributed by atoms with Crippen LogP contribution in [0.2, 0.25) is 0 Å². The summed E-state index contributed by atoms with van der Waals surface area (Å²) in [7, 11) is 0. The first kappa shape index (κ1) is 11.5. The highest BCUT2D eigenvalue weighted by molar-refractivity contribution is 8.09. The molecule has 96 valence electrons. The van der Waals surface area contributed by atoms with E-state index in [1.54, 1.807) is 12.8 Å². The molecule has 0 nitrogen and oxygen atoms in total. The molecule has 0 aromatic heterocycles. The SMILES string of the molecule is CCC12CCCC(C3CCCC4(C)SC34)C1S2. The Morgan fingerprint density at radius 3 is 2.47 bits per heavy atom. The Labute approximate surface area is 114 Å². The van der Waals surface area contributed by atoms with Crippen LogP contribution >= 0.6 is 23.5 Å². The number of hydrogen-bond donors (Lipinski definition) is 0. The van der Waals surface area contributed by atoms with Crippen LogP contribution in [0, 0.1) is 11.8 Å². The highest BCUT2D eigenvalue weighted by Crippen LogP contribution is 2.71. The predicted octanol–water partition coefficient (Wildman–Crippen LogP) is 4.72. The lowest BCUT2D eigenvalue weighted by Gasteiger charge is -2.35. The third-order valence-electron chi connectivity index (χ3n) is 6.04. The van der Waals surface area contributed by atoms with Crippen LogP contribution in [0.4, 0.5) is 0 Å². The summed E-state index contributed by atoms with van der Waals surface area (Å²) in [5, 5.41) is 2.12. The van der Waals surface area contributed by atoms with Crippen molar-refractivity contribution < 1.29 is 0 Å². The van der Waals surface area contributed by atoms with E-state index in [1.165, 1.54) is 32.1 Å². The van der Waals surface area contributed by atoms with Crippen molar-refractivity contribution >= 4 is 23.5 Å².